The summed E-state index contributed by atoms with van der Waals surface area (Å²) in [7, 11) is -3.73. The molecular weight excluding hydrogens is 384 g/mol. The molecule has 0 aliphatic carbocycles. The normalized spacial score (nSPS) is 11.5. The smallest absolute Gasteiger partial charge is 0.242 e. The molecule has 0 spiro atoms. The van der Waals surface area contributed by atoms with E-state index in [4.69, 9.17) is 14.0 Å². The van der Waals surface area contributed by atoms with Crippen molar-refractivity contribution < 1.29 is 22.4 Å². The quantitative estimate of drug-likeness (QED) is 0.510. The molecule has 0 bridgehead atoms. The van der Waals surface area contributed by atoms with Crippen molar-refractivity contribution in [3.63, 3.8) is 0 Å². The van der Waals surface area contributed by atoms with Gasteiger partial charge in [-0.05, 0) is 43.3 Å². The molecule has 0 atom stereocenters. The van der Waals surface area contributed by atoms with Crippen LogP contribution in [0, 0.1) is 0 Å². The first-order valence-corrected chi connectivity index (χ1v) is 10.1. The van der Waals surface area contributed by atoms with Gasteiger partial charge in [-0.15, -0.1) is 0 Å². The largest absolute Gasteiger partial charge is 0.491 e. The molecule has 0 saturated carbocycles. The summed E-state index contributed by atoms with van der Waals surface area (Å²) < 4.78 is 43.0. The average molecular weight is 404 g/mol. The van der Waals surface area contributed by atoms with Gasteiger partial charge in [0.15, 0.2) is 0 Å². The van der Waals surface area contributed by atoms with E-state index in [-0.39, 0.29) is 17.3 Å². The van der Waals surface area contributed by atoms with E-state index in [2.05, 4.69) is 19.8 Å². The van der Waals surface area contributed by atoms with Crippen molar-refractivity contribution >= 4 is 10.0 Å². The standard InChI is InChI=1S/C18H20N4O5S/c1-2-25-10-11-26-15-5-7-16(8-6-15)28(23,24)20-13-17-21-18(22-27-17)14-4-3-9-19-12-14/h3-9,12,20H,2,10-11,13H2,1H3. The minimum Gasteiger partial charge on any atom is -0.491 e. The van der Waals surface area contributed by atoms with Crippen LogP contribution in [0.3, 0.4) is 0 Å². The van der Waals surface area contributed by atoms with Crippen LogP contribution in [0.5, 0.6) is 5.75 Å². The number of nitrogens with zero attached hydrogens (tertiary/aromatic N) is 3. The second kappa shape index (κ2) is 9.40. The summed E-state index contributed by atoms with van der Waals surface area (Å²) in [6.07, 6.45) is 3.23. The molecule has 10 heteroatoms. The number of benzene rings is 1. The Labute approximate surface area is 162 Å². The first kappa shape index (κ1) is 19.9. The SMILES string of the molecule is CCOCCOc1ccc(S(=O)(=O)NCc2nc(-c3cccnc3)no2)cc1. The summed E-state index contributed by atoms with van der Waals surface area (Å²) in [6, 6.07) is 9.64. The van der Waals surface area contributed by atoms with Gasteiger partial charge in [0.05, 0.1) is 18.0 Å². The van der Waals surface area contributed by atoms with Gasteiger partial charge in [0.25, 0.3) is 0 Å². The van der Waals surface area contributed by atoms with Crippen molar-refractivity contribution in [2.75, 3.05) is 19.8 Å². The number of hydrogen-bond acceptors (Lipinski definition) is 8. The molecule has 0 radical (unpaired) electrons. The van der Waals surface area contributed by atoms with E-state index in [9.17, 15) is 8.42 Å². The molecule has 3 aromatic rings. The van der Waals surface area contributed by atoms with Gasteiger partial charge in [-0.25, -0.2) is 13.1 Å². The Hall–Kier alpha value is -2.82. The predicted octanol–water partition coefficient (Wildman–Crippen LogP) is 2.03. The second-order valence-corrected chi connectivity index (χ2v) is 7.36. The molecule has 1 N–H and O–H groups in total. The summed E-state index contributed by atoms with van der Waals surface area (Å²) in [5.74, 6) is 1.06. The number of ether oxygens (including phenoxy) is 2. The molecule has 2 aromatic heterocycles. The molecule has 0 unspecified atom stereocenters. The molecule has 148 valence electrons. The minimum atomic E-state index is -3.73. The Morgan fingerprint density at radius 2 is 1.96 bits per heavy atom. The van der Waals surface area contributed by atoms with E-state index in [1.807, 2.05) is 6.92 Å². The molecule has 0 fully saturated rings. The lowest BCUT2D eigenvalue weighted by molar-refractivity contribution is 0.110. The zero-order valence-electron chi connectivity index (χ0n) is 15.2. The van der Waals surface area contributed by atoms with E-state index in [0.717, 1.165) is 0 Å². The number of pyridine rings is 1. The van der Waals surface area contributed by atoms with Crippen molar-refractivity contribution in [3.8, 4) is 17.1 Å². The van der Waals surface area contributed by atoms with Crippen molar-refractivity contribution in [1.29, 1.82) is 0 Å². The van der Waals surface area contributed by atoms with Crippen molar-refractivity contribution in [2.24, 2.45) is 0 Å². The summed E-state index contributed by atoms with van der Waals surface area (Å²) in [4.78, 5) is 8.25. The zero-order chi connectivity index (χ0) is 19.8. The molecule has 0 aliphatic heterocycles. The van der Waals surface area contributed by atoms with Crippen LogP contribution in [0.25, 0.3) is 11.4 Å². The first-order valence-electron chi connectivity index (χ1n) is 8.62. The van der Waals surface area contributed by atoms with Crippen molar-refractivity contribution in [2.45, 2.75) is 18.4 Å². The molecule has 0 amide bonds. The number of sulfonamides is 1. The highest BCUT2D eigenvalue weighted by Crippen LogP contribution is 2.17. The molecule has 2 heterocycles. The second-order valence-electron chi connectivity index (χ2n) is 5.59. The van der Waals surface area contributed by atoms with Crippen LogP contribution in [-0.2, 0) is 21.3 Å². The van der Waals surface area contributed by atoms with Gasteiger partial charge in [0.2, 0.25) is 21.7 Å². The van der Waals surface area contributed by atoms with Gasteiger partial charge in [-0.2, -0.15) is 4.98 Å². The van der Waals surface area contributed by atoms with E-state index in [0.29, 0.717) is 37.0 Å². The van der Waals surface area contributed by atoms with Gasteiger partial charge in [-0.1, -0.05) is 5.16 Å². The lowest BCUT2D eigenvalue weighted by Gasteiger charge is -2.08. The number of nitrogens with one attached hydrogen (secondary N) is 1. The predicted molar refractivity (Wildman–Crippen MR) is 100.0 cm³/mol. The fourth-order valence-corrected chi connectivity index (χ4v) is 3.23. The van der Waals surface area contributed by atoms with Crippen molar-refractivity contribution in [1.82, 2.24) is 19.8 Å². The van der Waals surface area contributed by atoms with E-state index in [1.165, 1.54) is 12.1 Å². The molecule has 0 aliphatic rings. The minimum absolute atomic E-state index is 0.108. The maximum atomic E-state index is 12.4. The highest BCUT2D eigenvalue weighted by Gasteiger charge is 2.16. The van der Waals surface area contributed by atoms with Crippen LogP contribution in [0.1, 0.15) is 12.8 Å². The van der Waals surface area contributed by atoms with Gasteiger partial charge < -0.3 is 14.0 Å². The van der Waals surface area contributed by atoms with Crippen LogP contribution >= 0.6 is 0 Å². The van der Waals surface area contributed by atoms with Gasteiger partial charge in [0, 0.05) is 24.6 Å². The Bertz CT molecular complexity index is 975. The average Bonchev–Trinajstić information content (AvgIpc) is 3.20. The van der Waals surface area contributed by atoms with Gasteiger partial charge in [-0.3, -0.25) is 4.98 Å². The maximum absolute atomic E-state index is 12.4. The highest BCUT2D eigenvalue weighted by atomic mass is 32.2. The number of hydrogen-bond donors (Lipinski definition) is 1. The molecule has 0 saturated heterocycles. The fraction of sp³-hybridized carbons (Fsp3) is 0.278. The van der Waals surface area contributed by atoms with Crippen LogP contribution < -0.4 is 9.46 Å². The van der Waals surface area contributed by atoms with E-state index in [1.54, 1.807) is 36.7 Å². The monoisotopic (exact) mass is 404 g/mol. The Morgan fingerprint density at radius 3 is 2.68 bits per heavy atom. The highest BCUT2D eigenvalue weighted by molar-refractivity contribution is 7.89. The van der Waals surface area contributed by atoms with E-state index >= 15 is 0 Å². The van der Waals surface area contributed by atoms with Crippen LogP contribution in [-0.4, -0.2) is 43.4 Å². The van der Waals surface area contributed by atoms with Crippen molar-refractivity contribution in [3.05, 3.63) is 54.7 Å². The topological polar surface area (TPSA) is 116 Å². The third-order valence-electron chi connectivity index (χ3n) is 3.64. The summed E-state index contributed by atoms with van der Waals surface area (Å²) in [6.45, 7) is 3.27. The Morgan fingerprint density at radius 1 is 1.14 bits per heavy atom. The molecular formula is C18H20N4O5S. The third-order valence-corrected chi connectivity index (χ3v) is 5.05. The molecule has 1 aromatic carbocycles. The number of rotatable bonds is 10. The lowest BCUT2D eigenvalue weighted by Crippen LogP contribution is -2.23. The molecule has 9 nitrogen and oxygen atoms in total. The van der Waals surface area contributed by atoms with Crippen LogP contribution in [0.15, 0.2) is 58.2 Å². The third kappa shape index (κ3) is 5.35. The number of aromatic nitrogens is 3. The Kier molecular flexibility index (Phi) is 6.69. The Balaban J connectivity index is 1.57. The molecule has 3 rings (SSSR count). The van der Waals surface area contributed by atoms with Gasteiger partial charge >= 0.3 is 0 Å². The van der Waals surface area contributed by atoms with E-state index < -0.39 is 10.0 Å². The maximum Gasteiger partial charge on any atom is 0.242 e. The zero-order valence-corrected chi connectivity index (χ0v) is 16.1. The first-order chi connectivity index (χ1) is 13.6. The lowest BCUT2D eigenvalue weighted by atomic mass is 10.3. The van der Waals surface area contributed by atoms with Crippen LogP contribution in [0.4, 0.5) is 0 Å². The van der Waals surface area contributed by atoms with Crippen LogP contribution in [0.2, 0.25) is 0 Å². The summed E-state index contributed by atoms with van der Waals surface area (Å²) in [5.41, 5.74) is 0.681. The van der Waals surface area contributed by atoms with Gasteiger partial charge in [0.1, 0.15) is 12.4 Å². The summed E-state index contributed by atoms with van der Waals surface area (Å²) >= 11 is 0. The molecule has 28 heavy (non-hydrogen) atoms. The summed E-state index contributed by atoms with van der Waals surface area (Å²) in [5, 5.41) is 3.83. The fourth-order valence-electron chi connectivity index (χ4n) is 2.26.